The Hall–Kier alpha value is -2.62. The Bertz CT molecular complexity index is 751. The molecule has 1 aromatic heterocycles. The zero-order valence-electron chi connectivity index (χ0n) is 12.1. The van der Waals surface area contributed by atoms with Gasteiger partial charge in [-0.15, -0.1) is 0 Å². The zero-order valence-corrected chi connectivity index (χ0v) is 12.1. The van der Waals surface area contributed by atoms with Gasteiger partial charge in [0.1, 0.15) is 5.82 Å². The van der Waals surface area contributed by atoms with Gasteiger partial charge in [0.2, 0.25) is 0 Å². The highest BCUT2D eigenvalue weighted by molar-refractivity contribution is 5.54. The van der Waals surface area contributed by atoms with Crippen LogP contribution in [0.1, 0.15) is 18.2 Å². The Morgan fingerprint density at radius 1 is 1.30 bits per heavy atom. The smallest absolute Gasteiger partial charge is 0.383 e. The summed E-state index contributed by atoms with van der Waals surface area (Å²) in [6.07, 6.45) is -4.94. The lowest BCUT2D eigenvalue weighted by Crippen LogP contribution is -2.40. The Morgan fingerprint density at radius 2 is 1.83 bits per heavy atom. The second-order valence-electron chi connectivity index (χ2n) is 5.10. The number of nitrogens with two attached hydrogens (primary N) is 1. The second-order valence-corrected chi connectivity index (χ2v) is 5.10. The summed E-state index contributed by atoms with van der Waals surface area (Å²) in [6, 6.07) is 4.95. The van der Waals surface area contributed by atoms with Crippen molar-refractivity contribution in [1.82, 2.24) is 9.78 Å². The van der Waals surface area contributed by atoms with Gasteiger partial charge in [0.05, 0.1) is 21.9 Å². The van der Waals surface area contributed by atoms with Crippen molar-refractivity contribution in [2.75, 3.05) is 5.73 Å². The van der Waals surface area contributed by atoms with Crippen LogP contribution in [0.4, 0.5) is 24.7 Å². The first-order chi connectivity index (χ1) is 10.5. The summed E-state index contributed by atoms with van der Waals surface area (Å²) in [5.41, 5.74) is 1.96. The summed E-state index contributed by atoms with van der Waals surface area (Å²) in [7, 11) is 0. The molecule has 0 saturated carbocycles. The van der Waals surface area contributed by atoms with E-state index in [0.29, 0.717) is 6.92 Å². The average Bonchev–Trinajstić information content (AvgIpc) is 2.73. The van der Waals surface area contributed by atoms with E-state index in [0.717, 1.165) is 4.68 Å². The van der Waals surface area contributed by atoms with E-state index in [1.807, 2.05) is 0 Å². The van der Waals surface area contributed by atoms with Crippen molar-refractivity contribution >= 4 is 11.5 Å². The van der Waals surface area contributed by atoms with Crippen molar-refractivity contribution in [2.24, 2.45) is 0 Å². The molecule has 0 radical (unpaired) electrons. The average molecular weight is 330 g/mol. The van der Waals surface area contributed by atoms with Crippen molar-refractivity contribution in [3.05, 3.63) is 45.6 Å². The van der Waals surface area contributed by atoms with Gasteiger partial charge in [0.25, 0.3) is 5.69 Å². The number of nitrogens with zero attached hydrogens (tertiary/aromatic N) is 3. The summed E-state index contributed by atoms with van der Waals surface area (Å²) < 4.78 is 40.0. The van der Waals surface area contributed by atoms with Gasteiger partial charge in [0.15, 0.2) is 5.60 Å². The van der Waals surface area contributed by atoms with E-state index < -0.39 is 28.1 Å². The fourth-order valence-corrected chi connectivity index (χ4v) is 2.20. The van der Waals surface area contributed by atoms with Gasteiger partial charge in [-0.2, -0.15) is 18.3 Å². The molecule has 10 heteroatoms. The number of hydrogen-bond acceptors (Lipinski definition) is 5. The largest absolute Gasteiger partial charge is 0.421 e. The second kappa shape index (κ2) is 5.23. The molecule has 0 aliphatic rings. The predicted molar refractivity (Wildman–Crippen MR) is 75.0 cm³/mol. The molecule has 0 spiro atoms. The number of nitro benzene ring substituents is 1. The minimum absolute atomic E-state index is 0.0943. The number of anilines is 1. The van der Waals surface area contributed by atoms with Gasteiger partial charge < -0.3 is 10.8 Å². The molecule has 0 aliphatic carbocycles. The number of alkyl halides is 3. The highest BCUT2D eigenvalue weighted by Gasteiger charge is 2.54. The molecule has 0 bridgehead atoms. The number of hydrogen-bond donors (Lipinski definition) is 2. The van der Waals surface area contributed by atoms with E-state index in [1.54, 1.807) is 0 Å². The number of rotatable bonds is 3. The third-order valence-electron chi connectivity index (χ3n) is 3.44. The molecule has 1 aromatic carbocycles. The van der Waals surface area contributed by atoms with Crippen LogP contribution in [0.15, 0.2) is 24.3 Å². The highest BCUT2D eigenvalue weighted by Crippen LogP contribution is 2.42. The van der Waals surface area contributed by atoms with Crippen LogP contribution >= 0.6 is 0 Å². The quantitative estimate of drug-likeness (QED) is 0.664. The van der Waals surface area contributed by atoms with Crippen LogP contribution < -0.4 is 5.73 Å². The first kappa shape index (κ1) is 16.7. The molecule has 0 fully saturated rings. The van der Waals surface area contributed by atoms with Gasteiger partial charge in [-0.05, 0) is 26.0 Å². The van der Waals surface area contributed by atoms with Crippen LogP contribution in [0.5, 0.6) is 0 Å². The summed E-state index contributed by atoms with van der Waals surface area (Å²) >= 11 is 0. The molecule has 7 nitrogen and oxygen atoms in total. The molecule has 0 aliphatic heterocycles. The highest BCUT2D eigenvalue weighted by atomic mass is 19.4. The maximum atomic E-state index is 13.0. The van der Waals surface area contributed by atoms with Crippen molar-refractivity contribution in [1.29, 1.82) is 0 Å². The lowest BCUT2D eigenvalue weighted by molar-refractivity contribution is -0.384. The topological polar surface area (TPSA) is 107 Å². The van der Waals surface area contributed by atoms with Crippen molar-refractivity contribution < 1.29 is 23.2 Å². The molecule has 0 unspecified atom stereocenters. The number of aromatic nitrogens is 2. The number of benzene rings is 1. The van der Waals surface area contributed by atoms with E-state index in [9.17, 15) is 28.4 Å². The lowest BCUT2D eigenvalue weighted by atomic mass is 9.95. The van der Waals surface area contributed by atoms with Gasteiger partial charge in [-0.3, -0.25) is 10.1 Å². The first-order valence-electron chi connectivity index (χ1n) is 6.36. The van der Waals surface area contributed by atoms with E-state index in [-0.39, 0.29) is 17.1 Å². The van der Waals surface area contributed by atoms with E-state index in [2.05, 4.69) is 5.10 Å². The Morgan fingerprint density at radius 3 is 2.26 bits per heavy atom. The zero-order chi connectivity index (χ0) is 17.6. The molecule has 0 amide bonds. The van der Waals surface area contributed by atoms with Crippen LogP contribution in [0.25, 0.3) is 5.69 Å². The Balaban J connectivity index is 2.56. The number of non-ortho nitro benzene ring substituents is 1. The van der Waals surface area contributed by atoms with Crippen LogP contribution in [0, 0.1) is 17.0 Å². The Labute approximate surface area is 128 Å². The van der Waals surface area contributed by atoms with Crippen LogP contribution in [-0.4, -0.2) is 26.0 Å². The minimum atomic E-state index is -4.94. The van der Waals surface area contributed by atoms with Gasteiger partial charge in [0, 0.05) is 12.1 Å². The fourth-order valence-electron chi connectivity index (χ4n) is 2.20. The molecule has 2 aromatic rings. The van der Waals surface area contributed by atoms with E-state index >= 15 is 0 Å². The molecule has 1 atom stereocenters. The summed E-state index contributed by atoms with van der Waals surface area (Å²) in [5, 5.41) is 24.3. The summed E-state index contributed by atoms with van der Waals surface area (Å²) in [5.74, 6) is -0.390. The van der Waals surface area contributed by atoms with Crippen LogP contribution in [-0.2, 0) is 5.60 Å². The van der Waals surface area contributed by atoms with Crippen molar-refractivity contribution in [3.8, 4) is 5.69 Å². The standard InChI is InChI=1S/C13H13F3N4O3/c1-7-10(12(2,21)13(14,15)16)11(17)19(18-7)8-3-5-9(6-4-8)20(22)23/h3-6,21H,17H2,1-2H3/t12-/m1/s1. The van der Waals surface area contributed by atoms with Gasteiger partial charge in [-0.1, -0.05) is 0 Å². The molecule has 1 heterocycles. The van der Waals surface area contributed by atoms with Gasteiger partial charge >= 0.3 is 6.18 Å². The monoisotopic (exact) mass is 330 g/mol. The SMILES string of the molecule is Cc1nn(-c2ccc([N+](=O)[O-])cc2)c(N)c1[C@@](C)(O)C(F)(F)F. The number of nitro groups is 1. The van der Waals surface area contributed by atoms with E-state index in [4.69, 9.17) is 5.73 Å². The fraction of sp³-hybridized carbons (Fsp3) is 0.308. The third kappa shape index (κ3) is 2.72. The molecule has 3 N–H and O–H groups in total. The number of halogens is 3. The molecule has 23 heavy (non-hydrogen) atoms. The summed E-state index contributed by atoms with van der Waals surface area (Å²) in [6.45, 7) is 1.88. The maximum Gasteiger partial charge on any atom is 0.421 e. The van der Waals surface area contributed by atoms with Gasteiger partial charge in [-0.25, -0.2) is 4.68 Å². The van der Waals surface area contributed by atoms with Crippen molar-refractivity contribution in [3.63, 3.8) is 0 Å². The number of nitrogen functional groups attached to an aromatic ring is 1. The molecule has 2 rings (SSSR count). The summed E-state index contributed by atoms with van der Waals surface area (Å²) in [4.78, 5) is 10.0. The lowest BCUT2D eigenvalue weighted by Gasteiger charge is -2.26. The van der Waals surface area contributed by atoms with Crippen LogP contribution in [0.3, 0.4) is 0 Å². The number of aryl methyl sites for hydroxylation is 1. The minimum Gasteiger partial charge on any atom is -0.383 e. The molecular weight excluding hydrogens is 317 g/mol. The maximum absolute atomic E-state index is 13.0. The third-order valence-corrected chi connectivity index (χ3v) is 3.44. The number of aliphatic hydroxyl groups is 1. The molecule has 0 saturated heterocycles. The normalized spacial score (nSPS) is 14.5. The molecular formula is C13H13F3N4O3. The first-order valence-corrected chi connectivity index (χ1v) is 6.36. The molecule has 124 valence electrons. The van der Waals surface area contributed by atoms with Crippen molar-refractivity contribution in [2.45, 2.75) is 25.6 Å². The predicted octanol–water partition coefficient (Wildman–Crippen LogP) is 2.44. The van der Waals surface area contributed by atoms with E-state index in [1.165, 1.54) is 31.2 Å². The Kier molecular flexibility index (Phi) is 3.81. The van der Waals surface area contributed by atoms with Crippen LogP contribution in [0.2, 0.25) is 0 Å².